The van der Waals surface area contributed by atoms with Gasteiger partial charge < -0.3 is 5.11 Å². The third-order valence-corrected chi connectivity index (χ3v) is 4.80. The van der Waals surface area contributed by atoms with E-state index in [9.17, 15) is 14.7 Å². The van der Waals surface area contributed by atoms with Crippen molar-refractivity contribution in [3.05, 3.63) is 62.2 Å². The van der Waals surface area contributed by atoms with Crippen LogP contribution in [0.3, 0.4) is 0 Å². The van der Waals surface area contributed by atoms with Crippen molar-refractivity contribution in [2.75, 3.05) is 13.1 Å². The molecule has 3 heterocycles. The summed E-state index contributed by atoms with van der Waals surface area (Å²) in [5.74, 6) is 0. The van der Waals surface area contributed by atoms with Gasteiger partial charge in [-0.25, -0.2) is 4.79 Å². The van der Waals surface area contributed by atoms with E-state index in [1.807, 2.05) is 19.3 Å². The van der Waals surface area contributed by atoms with Crippen molar-refractivity contribution in [2.24, 2.45) is 0 Å². The molecule has 1 fully saturated rings. The van der Waals surface area contributed by atoms with Crippen LogP contribution in [0.15, 0.2) is 34.2 Å². The molecule has 0 unspecified atom stereocenters. The average Bonchev–Trinajstić information content (AvgIpc) is 2.51. The van der Waals surface area contributed by atoms with E-state index in [1.54, 1.807) is 20.0 Å². The Morgan fingerprint density at radius 2 is 2.12 bits per heavy atom. The fraction of sp³-hybridized carbons (Fsp3) is 0.500. The van der Waals surface area contributed by atoms with E-state index < -0.39 is 11.3 Å². The smallest absolute Gasteiger partial charge is 0.328 e. The van der Waals surface area contributed by atoms with Crippen molar-refractivity contribution in [3.8, 4) is 0 Å². The van der Waals surface area contributed by atoms with Gasteiger partial charge in [-0.05, 0) is 38.3 Å². The molecule has 7 heteroatoms. The molecule has 2 aromatic heterocycles. The molecular weight excluding hydrogens is 320 g/mol. The highest BCUT2D eigenvalue weighted by Gasteiger charge is 2.39. The molecule has 134 valence electrons. The number of nitrogens with zero attached hydrogens (tertiary/aromatic N) is 3. The molecule has 2 N–H and O–H groups in total. The number of aromatic nitrogens is 3. The predicted molar refractivity (Wildman–Crippen MR) is 94.6 cm³/mol. The molecule has 7 nitrogen and oxygen atoms in total. The zero-order valence-corrected chi connectivity index (χ0v) is 14.8. The third kappa shape index (κ3) is 3.72. The Kier molecular flexibility index (Phi) is 4.62. The van der Waals surface area contributed by atoms with E-state index in [0.717, 1.165) is 17.7 Å². The highest BCUT2D eigenvalue weighted by Crippen LogP contribution is 2.31. The minimum Gasteiger partial charge on any atom is -0.387 e. The second-order valence-corrected chi connectivity index (χ2v) is 7.22. The number of pyridine rings is 1. The van der Waals surface area contributed by atoms with Crippen molar-refractivity contribution in [2.45, 2.75) is 45.4 Å². The fourth-order valence-corrected chi connectivity index (χ4v) is 3.61. The largest absolute Gasteiger partial charge is 0.387 e. The lowest BCUT2D eigenvalue weighted by Gasteiger charge is -2.43. The van der Waals surface area contributed by atoms with Gasteiger partial charge in [-0.15, -0.1) is 0 Å². The summed E-state index contributed by atoms with van der Waals surface area (Å²) < 4.78 is 1.46. The molecule has 2 aromatic rings. The lowest BCUT2D eigenvalue weighted by molar-refractivity contribution is -0.0603. The van der Waals surface area contributed by atoms with Crippen LogP contribution in [0.4, 0.5) is 0 Å². The second-order valence-electron chi connectivity index (χ2n) is 7.22. The number of rotatable bonds is 3. The summed E-state index contributed by atoms with van der Waals surface area (Å²) in [6.07, 6.45) is 5.82. The number of hydrogen-bond acceptors (Lipinski definition) is 5. The van der Waals surface area contributed by atoms with E-state index in [4.69, 9.17) is 0 Å². The molecule has 1 aliphatic rings. The molecule has 0 spiro atoms. The first-order valence-corrected chi connectivity index (χ1v) is 8.43. The monoisotopic (exact) mass is 344 g/mol. The lowest BCUT2D eigenvalue weighted by Crippen LogP contribution is -2.54. The summed E-state index contributed by atoms with van der Waals surface area (Å²) in [6, 6.07) is 1.71. The molecule has 3 rings (SSSR count). The van der Waals surface area contributed by atoms with E-state index >= 15 is 0 Å². The van der Waals surface area contributed by atoms with Crippen LogP contribution in [0, 0.1) is 13.8 Å². The van der Waals surface area contributed by atoms with Gasteiger partial charge in [-0.3, -0.25) is 24.2 Å². The van der Waals surface area contributed by atoms with Crippen LogP contribution in [0.2, 0.25) is 0 Å². The van der Waals surface area contributed by atoms with E-state index in [-0.39, 0.29) is 11.6 Å². The van der Waals surface area contributed by atoms with Crippen LogP contribution in [-0.4, -0.2) is 43.2 Å². The van der Waals surface area contributed by atoms with E-state index in [0.29, 0.717) is 25.1 Å². The van der Waals surface area contributed by atoms with Gasteiger partial charge in [0.1, 0.15) is 0 Å². The molecule has 25 heavy (non-hydrogen) atoms. The van der Waals surface area contributed by atoms with Crippen LogP contribution in [-0.2, 0) is 6.54 Å². The molecule has 0 bridgehead atoms. The highest BCUT2D eigenvalue weighted by molar-refractivity contribution is 5.17. The van der Waals surface area contributed by atoms with Gasteiger partial charge >= 0.3 is 5.69 Å². The van der Waals surface area contributed by atoms with Gasteiger partial charge in [-0.2, -0.15) is 0 Å². The number of piperidine rings is 1. The van der Waals surface area contributed by atoms with E-state index in [2.05, 4.69) is 20.9 Å². The van der Waals surface area contributed by atoms with Gasteiger partial charge in [0.25, 0.3) is 5.56 Å². The minimum atomic E-state index is -1.08. The SMILES string of the molecule is Cc1cncc(CN2CC[C@H](n3cc(C)c(=O)[nH]c3=O)[C@@](C)(O)C2)c1. The molecule has 2 atom stereocenters. The predicted octanol–water partition coefficient (Wildman–Crippen LogP) is 0.746. The summed E-state index contributed by atoms with van der Waals surface area (Å²) in [4.78, 5) is 32.4. The Hall–Kier alpha value is -2.25. The Morgan fingerprint density at radius 1 is 1.36 bits per heavy atom. The van der Waals surface area contributed by atoms with Crippen LogP contribution in [0.5, 0.6) is 0 Å². The Balaban J connectivity index is 1.80. The summed E-state index contributed by atoms with van der Waals surface area (Å²) in [5.41, 5.74) is 0.733. The molecule has 0 aromatic carbocycles. The molecular formula is C18H24N4O3. The van der Waals surface area contributed by atoms with Gasteiger partial charge in [0.05, 0.1) is 11.6 Å². The minimum absolute atomic E-state index is 0.373. The number of hydrogen-bond donors (Lipinski definition) is 2. The van der Waals surface area contributed by atoms with Crippen molar-refractivity contribution in [1.82, 2.24) is 19.4 Å². The first-order valence-electron chi connectivity index (χ1n) is 8.43. The standard InChI is InChI=1S/C18H24N4O3/c1-12-6-14(8-19-7-12)10-21-5-4-15(18(3,25)11-21)22-9-13(2)16(23)20-17(22)24/h6-9,15,25H,4-5,10-11H2,1-3H3,(H,20,23,24)/t15-,18-/m0/s1. The topological polar surface area (TPSA) is 91.2 Å². The summed E-state index contributed by atoms with van der Waals surface area (Å²) in [6.45, 7) is 7.30. The van der Waals surface area contributed by atoms with Crippen LogP contribution in [0.1, 0.15) is 36.1 Å². The van der Waals surface area contributed by atoms with Gasteiger partial charge in [0, 0.05) is 43.8 Å². The summed E-state index contributed by atoms with van der Waals surface area (Å²) in [5, 5.41) is 11.0. The first-order chi connectivity index (χ1) is 11.8. The number of aromatic amines is 1. The number of likely N-dealkylation sites (tertiary alicyclic amines) is 1. The maximum Gasteiger partial charge on any atom is 0.328 e. The number of aliphatic hydroxyl groups is 1. The Morgan fingerprint density at radius 3 is 2.80 bits per heavy atom. The zero-order chi connectivity index (χ0) is 18.2. The average molecular weight is 344 g/mol. The van der Waals surface area contributed by atoms with Crippen molar-refractivity contribution >= 4 is 0 Å². The third-order valence-electron chi connectivity index (χ3n) is 4.80. The lowest BCUT2D eigenvalue weighted by atomic mass is 9.88. The van der Waals surface area contributed by atoms with Gasteiger partial charge in [0.2, 0.25) is 0 Å². The van der Waals surface area contributed by atoms with Crippen LogP contribution in [0.25, 0.3) is 0 Å². The van der Waals surface area contributed by atoms with Gasteiger partial charge in [-0.1, -0.05) is 6.07 Å². The molecule has 0 radical (unpaired) electrons. The number of nitrogens with one attached hydrogen (secondary N) is 1. The zero-order valence-electron chi connectivity index (χ0n) is 14.8. The number of H-pyrrole nitrogens is 1. The summed E-state index contributed by atoms with van der Waals surface area (Å²) in [7, 11) is 0. The summed E-state index contributed by atoms with van der Waals surface area (Å²) >= 11 is 0. The quantitative estimate of drug-likeness (QED) is 0.857. The molecule has 0 saturated carbocycles. The maximum atomic E-state index is 12.2. The number of aryl methyl sites for hydroxylation is 2. The highest BCUT2D eigenvalue weighted by atomic mass is 16.3. The Labute approximate surface area is 146 Å². The Bertz CT molecular complexity index is 884. The van der Waals surface area contributed by atoms with Crippen molar-refractivity contribution < 1.29 is 5.11 Å². The molecule has 0 aliphatic carbocycles. The number of β-amino-alcohol motifs (C(OH)–C–C–N with tert-alkyl or cyclic N) is 1. The maximum absolute atomic E-state index is 12.2. The molecule has 1 saturated heterocycles. The second kappa shape index (κ2) is 6.57. The van der Waals surface area contributed by atoms with Crippen molar-refractivity contribution in [1.29, 1.82) is 0 Å². The van der Waals surface area contributed by atoms with Crippen LogP contribution < -0.4 is 11.2 Å². The van der Waals surface area contributed by atoms with E-state index in [1.165, 1.54) is 4.57 Å². The normalized spacial score (nSPS) is 24.4. The fourth-order valence-electron chi connectivity index (χ4n) is 3.61. The van der Waals surface area contributed by atoms with Crippen LogP contribution >= 0.6 is 0 Å². The van der Waals surface area contributed by atoms with Gasteiger partial charge in [0.15, 0.2) is 0 Å². The molecule has 0 amide bonds. The first kappa shape index (κ1) is 17.6. The van der Waals surface area contributed by atoms with Crippen molar-refractivity contribution in [3.63, 3.8) is 0 Å². The molecule has 1 aliphatic heterocycles.